The maximum absolute atomic E-state index is 11.9. The highest BCUT2D eigenvalue weighted by Crippen LogP contribution is 2.06. The number of aromatic nitrogens is 3. The Morgan fingerprint density at radius 1 is 1.47 bits per heavy atom. The van der Waals surface area contributed by atoms with E-state index in [1.54, 1.807) is 42.2 Å². The molecule has 3 N–H and O–H groups in total. The van der Waals surface area contributed by atoms with Gasteiger partial charge in [-0.1, -0.05) is 12.0 Å². The van der Waals surface area contributed by atoms with Crippen LogP contribution in [0.2, 0.25) is 0 Å². The number of amides is 1. The molecule has 0 atom stereocenters. The van der Waals surface area contributed by atoms with Crippen LogP contribution in [0.5, 0.6) is 0 Å². The minimum atomic E-state index is -0.308. The molecule has 0 fully saturated rings. The molecular formula is C13H13N5O. The molecular weight excluding hydrogens is 242 g/mol. The Labute approximate surface area is 110 Å². The van der Waals surface area contributed by atoms with Crippen LogP contribution >= 0.6 is 0 Å². The van der Waals surface area contributed by atoms with Gasteiger partial charge in [-0.2, -0.15) is 5.10 Å². The molecule has 0 aliphatic heterocycles. The van der Waals surface area contributed by atoms with Crippen molar-refractivity contribution in [3.8, 4) is 11.8 Å². The lowest BCUT2D eigenvalue weighted by molar-refractivity contribution is 0.102. The molecule has 2 aromatic heterocycles. The average molecular weight is 255 g/mol. The third kappa shape index (κ3) is 3.40. The van der Waals surface area contributed by atoms with Crippen molar-refractivity contribution in [2.45, 2.75) is 0 Å². The highest BCUT2D eigenvalue weighted by atomic mass is 16.2. The summed E-state index contributed by atoms with van der Waals surface area (Å²) >= 11 is 0. The molecule has 1 amide bonds. The summed E-state index contributed by atoms with van der Waals surface area (Å²) in [5.41, 5.74) is 6.19. The van der Waals surface area contributed by atoms with E-state index in [-0.39, 0.29) is 12.5 Å². The summed E-state index contributed by atoms with van der Waals surface area (Å²) in [4.78, 5) is 16.1. The molecule has 0 spiro atoms. The largest absolute Gasteiger partial charge is 0.320 e. The van der Waals surface area contributed by atoms with Crippen LogP contribution in [-0.2, 0) is 7.05 Å². The average Bonchev–Trinajstić information content (AvgIpc) is 2.83. The van der Waals surface area contributed by atoms with E-state index in [0.29, 0.717) is 17.2 Å². The van der Waals surface area contributed by atoms with Gasteiger partial charge in [-0.05, 0) is 24.1 Å². The van der Waals surface area contributed by atoms with E-state index in [9.17, 15) is 4.79 Å². The molecule has 0 radical (unpaired) electrons. The van der Waals surface area contributed by atoms with Crippen molar-refractivity contribution in [3.63, 3.8) is 0 Å². The summed E-state index contributed by atoms with van der Waals surface area (Å²) in [5, 5.41) is 6.67. The second-order valence-corrected chi connectivity index (χ2v) is 3.74. The Hall–Kier alpha value is -2.65. The Balaban J connectivity index is 2.13. The summed E-state index contributed by atoms with van der Waals surface area (Å²) in [6.45, 7) is 0.270. The number of nitrogens with zero attached hydrogens (tertiary/aromatic N) is 3. The molecule has 6 heteroatoms. The second kappa shape index (κ2) is 5.80. The van der Waals surface area contributed by atoms with Crippen molar-refractivity contribution in [2.24, 2.45) is 12.8 Å². The molecule has 0 saturated heterocycles. The first-order chi connectivity index (χ1) is 9.19. The van der Waals surface area contributed by atoms with Gasteiger partial charge in [0.25, 0.3) is 5.91 Å². The lowest BCUT2D eigenvalue weighted by Crippen LogP contribution is -2.14. The maximum atomic E-state index is 11.9. The van der Waals surface area contributed by atoms with Gasteiger partial charge in [0.1, 0.15) is 11.5 Å². The fourth-order valence-electron chi connectivity index (χ4n) is 1.43. The van der Waals surface area contributed by atoms with E-state index in [4.69, 9.17) is 5.73 Å². The van der Waals surface area contributed by atoms with Gasteiger partial charge in [-0.25, -0.2) is 4.98 Å². The predicted molar refractivity (Wildman–Crippen MR) is 71.3 cm³/mol. The molecule has 0 aromatic carbocycles. The van der Waals surface area contributed by atoms with Gasteiger partial charge >= 0.3 is 0 Å². The zero-order chi connectivity index (χ0) is 13.7. The normalized spacial score (nSPS) is 9.58. The van der Waals surface area contributed by atoms with E-state index in [2.05, 4.69) is 27.2 Å². The molecule has 0 unspecified atom stereocenters. The number of hydrogen-bond acceptors (Lipinski definition) is 4. The number of carbonyl (C=O) groups is 1. The summed E-state index contributed by atoms with van der Waals surface area (Å²) in [6.07, 6.45) is 1.70. The van der Waals surface area contributed by atoms with Crippen LogP contribution in [0.1, 0.15) is 16.2 Å². The van der Waals surface area contributed by atoms with Crippen LogP contribution in [0.15, 0.2) is 30.5 Å². The first-order valence-electron chi connectivity index (χ1n) is 5.66. The van der Waals surface area contributed by atoms with E-state index >= 15 is 0 Å². The smallest absolute Gasteiger partial charge is 0.277 e. The van der Waals surface area contributed by atoms with Crippen molar-refractivity contribution in [2.75, 3.05) is 11.9 Å². The van der Waals surface area contributed by atoms with E-state index in [1.165, 1.54) is 0 Å². The van der Waals surface area contributed by atoms with Crippen molar-refractivity contribution in [3.05, 3.63) is 41.9 Å². The van der Waals surface area contributed by atoms with Crippen molar-refractivity contribution in [1.82, 2.24) is 14.8 Å². The Bertz CT molecular complexity index is 650. The van der Waals surface area contributed by atoms with Gasteiger partial charge in [-0.15, -0.1) is 0 Å². The highest BCUT2D eigenvalue weighted by Gasteiger charge is 2.09. The zero-order valence-electron chi connectivity index (χ0n) is 10.4. The topological polar surface area (TPSA) is 85.8 Å². The number of hydrogen-bond donors (Lipinski definition) is 2. The number of anilines is 1. The number of pyridine rings is 1. The summed E-state index contributed by atoms with van der Waals surface area (Å²) in [6, 6.07) is 6.84. The number of aryl methyl sites for hydroxylation is 1. The second-order valence-electron chi connectivity index (χ2n) is 3.74. The van der Waals surface area contributed by atoms with Crippen molar-refractivity contribution >= 4 is 11.7 Å². The molecule has 2 heterocycles. The van der Waals surface area contributed by atoms with Crippen LogP contribution < -0.4 is 11.1 Å². The maximum Gasteiger partial charge on any atom is 0.277 e. The Morgan fingerprint density at radius 3 is 3.00 bits per heavy atom. The Morgan fingerprint density at radius 2 is 2.32 bits per heavy atom. The third-order valence-electron chi connectivity index (χ3n) is 2.26. The van der Waals surface area contributed by atoms with Crippen LogP contribution in [0, 0.1) is 11.8 Å². The number of rotatable bonds is 2. The van der Waals surface area contributed by atoms with Gasteiger partial charge in [-0.3, -0.25) is 9.48 Å². The molecule has 96 valence electrons. The van der Waals surface area contributed by atoms with Crippen LogP contribution in [-0.4, -0.2) is 27.2 Å². The standard InChI is InChI=1S/C13H13N5O/c1-18-9-7-11(17-18)13(19)16-12-6-2-4-10(15-12)5-3-8-14/h2,4,6-7,9H,8,14H2,1H3,(H,15,16,19). The summed E-state index contributed by atoms with van der Waals surface area (Å²) in [5.74, 6) is 5.63. The monoisotopic (exact) mass is 255 g/mol. The fraction of sp³-hybridized carbons (Fsp3) is 0.154. The quantitative estimate of drug-likeness (QED) is 0.759. The van der Waals surface area contributed by atoms with Gasteiger partial charge in [0.2, 0.25) is 0 Å². The fourth-order valence-corrected chi connectivity index (χ4v) is 1.43. The molecule has 0 aliphatic carbocycles. The van der Waals surface area contributed by atoms with Gasteiger partial charge in [0, 0.05) is 13.2 Å². The number of nitrogens with one attached hydrogen (secondary N) is 1. The number of carbonyl (C=O) groups excluding carboxylic acids is 1. The molecule has 2 rings (SSSR count). The first kappa shape index (κ1) is 12.8. The molecule has 2 aromatic rings. The lowest BCUT2D eigenvalue weighted by atomic mass is 10.3. The molecule has 0 bridgehead atoms. The van der Waals surface area contributed by atoms with Crippen LogP contribution in [0.25, 0.3) is 0 Å². The van der Waals surface area contributed by atoms with Crippen LogP contribution in [0.3, 0.4) is 0 Å². The SMILES string of the molecule is Cn1ccc(C(=O)Nc2cccc(C#CCN)n2)n1. The minimum absolute atomic E-state index is 0.270. The predicted octanol–water partition coefficient (Wildman–Crippen LogP) is 0.378. The van der Waals surface area contributed by atoms with Crippen molar-refractivity contribution in [1.29, 1.82) is 0 Å². The zero-order valence-corrected chi connectivity index (χ0v) is 10.4. The highest BCUT2D eigenvalue weighted by molar-refractivity contribution is 6.02. The van der Waals surface area contributed by atoms with E-state index in [1.807, 2.05) is 0 Å². The van der Waals surface area contributed by atoms with Crippen LogP contribution in [0.4, 0.5) is 5.82 Å². The molecule has 0 saturated carbocycles. The van der Waals surface area contributed by atoms with E-state index < -0.39 is 0 Å². The van der Waals surface area contributed by atoms with Gasteiger partial charge < -0.3 is 11.1 Å². The molecule has 6 nitrogen and oxygen atoms in total. The first-order valence-corrected chi connectivity index (χ1v) is 5.66. The third-order valence-corrected chi connectivity index (χ3v) is 2.26. The molecule has 19 heavy (non-hydrogen) atoms. The van der Waals surface area contributed by atoms with Gasteiger partial charge in [0.05, 0.1) is 6.54 Å². The number of nitrogens with two attached hydrogens (primary N) is 1. The van der Waals surface area contributed by atoms with Gasteiger partial charge in [0.15, 0.2) is 5.69 Å². The molecule has 0 aliphatic rings. The summed E-state index contributed by atoms with van der Waals surface area (Å²) < 4.78 is 1.56. The van der Waals surface area contributed by atoms with Crippen molar-refractivity contribution < 1.29 is 4.79 Å². The van der Waals surface area contributed by atoms with E-state index in [0.717, 1.165) is 0 Å². The lowest BCUT2D eigenvalue weighted by Gasteiger charge is -2.02. The minimum Gasteiger partial charge on any atom is -0.320 e. The Kier molecular flexibility index (Phi) is 3.90. The summed E-state index contributed by atoms with van der Waals surface area (Å²) in [7, 11) is 1.75.